The average Bonchev–Trinajstić information content (AvgIpc) is 2.85. The lowest BCUT2D eigenvalue weighted by Gasteiger charge is -2.11. The van der Waals surface area contributed by atoms with Gasteiger partial charge in [0.15, 0.2) is 11.1 Å². The van der Waals surface area contributed by atoms with Gasteiger partial charge in [-0.3, -0.25) is 4.99 Å². The number of nitrogens with two attached hydrogens (primary N) is 1. The van der Waals surface area contributed by atoms with Crippen molar-refractivity contribution in [2.24, 2.45) is 16.6 Å². The Morgan fingerprint density at radius 1 is 1.35 bits per heavy atom. The van der Waals surface area contributed by atoms with Crippen molar-refractivity contribution in [3.05, 3.63) is 5.82 Å². The van der Waals surface area contributed by atoms with Crippen LogP contribution in [-0.4, -0.2) is 40.1 Å². The van der Waals surface area contributed by atoms with Crippen molar-refractivity contribution in [2.45, 2.75) is 58.2 Å². The van der Waals surface area contributed by atoms with Gasteiger partial charge in [0.2, 0.25) is 0 Å². The number of unbranched alkanes of at least 4 members (excludes halogenated alkanes) is 1. The number of rotatable bonds is 10. The quantitative estimate of drug-likeness (QED) is 0.187. The van der Waals surface area contributed by atoms with Gasteiger partial charge >= 0.3 is 0 Å². The zero-order valence-corrected chi connectivity index (χ0v) is 17.9. The van der Waals surface area contributed by atoms with E-state index in [4.69, 9.17) is 5.73 Å². The molecule has 0 aliphatic carbocycles. The van der Waals surface area contributed by atoms with Crippen LogP contribution in [0.3, 0.4) is 0 Å². The zero-order chi connectivity index (χ0) is 16.4. The third-order valence-corrected chi connectivity index (χ3v) is 3.87. The van der Waals surface area contributed by atoms with Crippen molar-refractivity contribution in [3.8, 4) is 0 Å². The summed E-state index contributed by atoms with van der Waals surface area (Å²) in [5.41, 5.74) is 5.82. The number of aryl methyl sites for hydroxylation is 1. The first-order chi connectivity index (χ1) is 10.6. The van der Waals surface area contributed by atoms with E-state index >= 15 is 0 Å². The van der Waals surface area contributed by atoms with E-state index in [1.54, 1.807) is 11.8 Å². The lowest BCUT2D eigenvalue weighted by molar-refractivity contribution is 0.477. The molecule has 0 aliphatic rings. The van der Waals surface area contributed by atoms with Crippen molar-refractivity contribution in [1.82, 2.24) is 20.1 Å². The van der Waals surface area contributed by atoms with E-state index in [-0.39, 0.29) is 24.0 Å². The van der Waals surface area contributed by atoms with E-state index in [1.165, 1.54) is 0 Å². The molecule has 0 saturated heterocycles. The summed E-state index contributed by atoms with van der Waals surface area (Å²) in [6, 6.07) is 0. The summed E-state index contributed by atoms with van der Waals surface area (Å²) in [6.45, 7) is 9.15. The average molecular weight is 454 g/mol. The van der Waals surface area contributed by atoms with E-state index in [2.05, 4.69) is 45.8 Å². The van der Waals surface area contributed by atoms with E-state index in [9.17, 15) is 0 Å². The minimum absolute atomic E-state index is 0. The number of halogens is 1. The number of aromatic nitrogens is 3. The first kappa shape index (κ1) is 22.5. The van der Waals surface area contributed by atoms with Gasteiger partial charge in [0.05, 0.1) is 0 Å². The summed E-state index contributed by atoms with van der Waals surface area (Å²) in [5, 5.41) is 12.7. The third-order valence-electron chi connectivity index (χ3n) is 3.20. The molecule has 0 fully saturated rings. The maximum Gasteiger partial charge on any atom is 0.190 e. The molecule has 1 aromatic heterocycles. The topological polar surface area (TPSA) is 81.1 Å². The molecule has 1 aromatic rings. The largest absolute Gasteiger partial charge is 0.370 e. The molecule has 0 atom stereocenters. The van der Waals surface area contributed by atoms with Gasteiger partial charge < -0.3 is 15.6 Å². The number of aliphatic imine (C=N–C) groups is 1. The van der Waals surface area contributed by atoms with E-state index in [0.717, 1.165) is 49.8 Å². The van der Waals surface area contributed by atoms with E-state index in [0.29, 0.717) is 18.4 Å². The van der Waals surface area contributed by atoms with Gasteiger partial charge in [-0.15, -0.1) is 34.2 Å². The number of nitrogens with one attached hydrogen (secondary N) is 1. The lowest BCUT2D eigenvalue weighted by Crippen LogP contribution is -2.32. The van der Waals surface area contributed by atoms with Crippen molar-refractivity contribution in [3.63, 3.8) is 0 Å². The Morgan fingerprint density at radius 2 is 2.09 bits per heavy atom. The predicted octanol–water partition coefficient (Wildman–Crippen LogP) is 2.91. The van der Waals surface area contributed by atoms with Crippen LogP contribution >= 0.6 is 35.7 Å². The molecule has 6 nitrogen and oxygen atoms in total. The number of guanidine groups is 1. The summed E-state index contributed by atoms with van der Waals surface area (Å²) in [4.78, 5) is 4.35. The highest BCUT2D eigenvalue weighted by atomic mass is 127. The molecule has 8 heteroatoms. The summed E-state index contributed by atoms with van der Waals surface area (Å²) in [7, 11) is 0. The summed E-state index contributed by atoms with van der Waals surface area (Å²) < 4.78 is 2.22. The molecule has 0 saturated carbocycles. The Morgan fingerprint density at radius 3 is 2.70 bits per heavy atom. The molecule has 0 aromatic carbocycles. The van der Waals surface area contributed by atoms with Crippen LogP contribution in [0.15, 0.2) is 10.1 Å². The van der Waals surface area contributed by atoms with Gasteiger partial charge in [0, 0.05) is 26.1 Å². The number of hydrogen-bond acceptors (Lipinski definition) is 4. The maximum absolute atomic E-state index is 5.82. The number of thioether (sulfide) groups is 1. The Labute approximate surface area is 161 Å². The second-order valence-electron chi connectivity index (χ2n) is 5.76. The molecule has 23 heavy (non-hydrogen) atoms. The van der Waals surface area contributed by atoms with Gasteiger partial charge in [-0.1, -0.05) is 39.0 Å². The van der Waals surface area contributed by atoms with Crippen molar-refractivity contribution >= 4 is 41.7 Å². The highest BCUT2D eigenvalue weighted by Crippen LogP contribution is 2.16. The molecule has 1 rings (SSSR count). The fraction of sp³-hybridized carbons (Fsp3) is 0.800. The Bertz CT molecular complexity index is 461. The van der Waals surface area contributed by atoms with Gasteiger partial charge in [-0.05, 0) is 25.0 Å². The van der Waals surface area contributed by atoms with Gasteiger partial charge in [0.25, 0.3) is 0 Å². The Balaban J connectivity index is 0.00000484. The maximum atomic E-state index is 5.82. The molecule has 134 valence electrons. The molecule has 0 aliphatic heterocycles. The summed E-state index contributed by atoms with van der Waals surface area (Å²) in [5.74, 6) is 2.17. The van der Waals surface area contributed by atoms with Crippen molar-refractivity contribution in [1.29, 1.82) is 0 Å². The van der Waals surface area contributed by atoms with Gasteiger partial charge in [-0.2, -0.15) is 0 Å². The van der Waals surface area contributed by atoms with Crippen LogP contribution in [0.25, 0.3) is 0 Å². The molecular formula is C15H31IN6S. The first-order valence-corrected chi connectivity index (χ1v) is 9.30. The third kappa shape index (κ3) is 8.78. The molecular weight excluding hydrogens is 423 g/mol. The molecule has 0 bridgehead atoms. The molecule has 0 radical (unpaired) electrons. The zero-order valence-electron chi connectivity index (χ0n) is 14.7. The standard InChI is InChI=1S/C15H30N6S.HI/c1-5-6-9-17-14(16)18-10-7-8-13-19-20-15(22-4)21(13)11-12(2)3;/h12H,5-11H2,1-4H3,(H3,16,17,18);1H. The second kappa shape index (κ2) is 12.9. The minimum Gasteiger partial charge on any atom is -0.370 e. The molecule has 3 N–H and O–H groups in total. The summed E-state index contributed by atoms with van der Waals surface area (Å²) >= 11 is 1.65. The molecule has 0 unspecified atom stereocenters. The smallest absolute Gasteiger partial charge is 0.190 e. The predicted molar refractivity (Wildman–Crippen MR) is 110 cm³/mol. The number of hydrogen-bond donors (Lipinski definition) is 2. The summed E-state index contributed by atoms with van der Waals surface area (Å²) in [6.07, 6.45) is 6.12. The van der Waals surface area contributed by atoms with Crippen LogP contribution in [-0.2, 0) is 13.0 Å². The minimum atomic E-state index is 0. The van der Waals surface area contributed by atoms with Crippen LogP contribution < -0.4 is 11.1 Å². The monoisotopic (exact) mass is 454 g/mol. The SMILES string of the molecule is CCCCNC(N)=NCCCc1nnc(SC)n1CC(C)C.I. The van der Waals surface area contributed by atoms with Crippen LogP contribution in [0, 0.1) is 5.92 Å². The van der Waals surface area contributed by atoms with Crippen LogP contribution in [0.4, 0.5) is 0 Å². The van der Waals surface area contributed by atoms with Gasteiger partial charge in [-0.25, -0.2) is 0 Å². The van der Waals surface area contributed by atoms with Gasteiger partial charge in [0.1, 0.15) is 5.82 Å². The van der Waals surface area contributed by atoms with Crippen LogP contribution in [0.5, 0.6) is 0 Å². The Kier molecular flexibility index (Phi) is 12.6. The lowest BCUT2D eigenvalue weighted by atomic mass is 10.2. The van der Waals surface area contributed by atoms with Crippen molar-refractivity contribution in [2.75, 3.05) is 19.3 Å². The molecule has 0 spiro atoms. The number of nitrogens with zero attached hydrogens (tertiary/aromatic N) is 4. The first-order valence-electron chi connectivity index (χ1n) is 8.08. The van der Waals surface area contributed by atoms with Crippen LogP contribution in [0.2, 0.25) is 0 Å². The Hall–Kier alpha value is -0.510. The van der Waals surface area contributed by atoms with E-state index < -0.39 is 0 Å². The van der Waals surface area contributed by atoms with Crippen LogP contribution in [0.1, 0.15) is 45.9 Å². The second-order valence-corrected chi connectivity index (χ2v) is 6.53. The fourth-order valence-electron chi connectivity index (χ4n) is 2.09. The highest BCUT2D eigenvalue weighted by Gasteiger charge is 2.12. The fourth-order valence-corrected chi connectivity index (χ4v) is 2.61. The normalized spacial score (nSPS) is 11.6. The highest BCUT2D eigenvalue weighted by molar-refractivity contribution is 14.0. The molecule has 0 amide bonds. The van der Waals surface area contributed by atoms with Crippen molar-refractivity contribution < 1.29 is 0 Å². The molecule has 1 heterocycles. The van der Waals surface area contributed by atoms with E-state index in [1.807, 2.05) is 6.26 Å².